The second-order valence-corrected chi connectivity index (χ2v) is 6.85. The van der Waals surface area contributed by atoms with Gasteiger partial charge in [0, 0.05) is 28.5 Å². The third-order valence-electron chi connectivity index (χ3n) is 5.14. The Morgan fingerprint density at radius 1 is 1.00 bits per heavy atom. The van der Waals surface area contributed by atoms with Crippen LogP contribution in [0.4, 0.5) is 0 Å². The van der Waals surface area contributed by atoms with Gasteiger partial charge >= 0.3 is 11.6 Å². The van der Waals surface area contributed by atoms with Crippen molar-refractivity contribution in [3.05, 3.63) is 86.1 Å². The van der Waals surface area contributed by atoms with E-state index in [1.165, 1.54) is 12.3 Å². The highest BCUT2D eigenvalue weighted by atomic mass is 16.5. The predicted molar refractivity (Wildman–Crippen MR) is 102 cm³/mol. The molecule has 4 aromatic rings. The Labute approximate surface area is 158 Å². The molecule has 3 heterocycles. The summed E-state index contributed by atoms with van der Waals surface area (Å²) in [6, 6.07) is 11.7. The lowest BCUT2D eigenvalue weighted by Crippen LogP contribution is -2.25. The Bertz CT molecular complexity index is 1390. The quantitative estimate of drug-likeness (QED) is 0.287. The van der Waals surface area contributed by atoms with E-state index in [-0.39, 0.29) is 17.6 Å². The van der Waals surface area contributed by atoms with Gasteiger partial charge in [-0.05, 0) is 36.8 Å². The van der Waals surface area contributed by atoms with Gasteiger partial charge in [-0.2, -0.15) is 0 Å². The summed E-state index contributed by atoms with van der Waals surface area (Å²) in [7, 11) is 0. The van der Waals surface area contributed by atoms with Crippen LogP contribution in [0.15, 0.2) is 67.2 Å². The molecule has 0 amide bonds. The normalized spacial score (nSPS) is 16.2. The molecule has 0 saturated carbocycles. The second kappa shape index (κ2) is 5.92. The molecular formula is C22H14O6. The Kier molecular flexibility index (Phi) is 3.49. The Morgan fingerprint density at radius 2 is 1.82 bits per heavy atom. The fraction of sp³-hybridized carbons (Fsp3) is 0.136. The number of esters is 1. The summed E-state index contributed by atoms with van der Waals surface area (Å²) in [6.45, 7) is 1.81. The number of benzene rings is 2. The molecule has 1 aliphatic rings. The van der Waals surface area contributed by atoms with Gasteiger partial charge in [0.1, 0.15) is 16.9 Å². The van der Waals surface area contributed by atoms with Crippen LogP contribution in [0.2, 0.25) is 0 Å². The van der Waals surface area contributed by atoms with Crippen molar-refractivity contribution in [1.82, 2.24) is 0 Å². The van der Waals surface area contributed by atoms with Crippen LogP contribution in [0.25, 0.3) is 21.9 Å². The summed E-state index contributed by atoms with van der Waals surface area (Å²) in [5.41, 5.74) is 1.66. The van der Waals surface area contributed by atoms with Crippen LogP contribution in [0.5, 0.6) is 5.75 Å². The number of ether oxygens (including phenoxy) is 1. The Balaban J connectivity index is 1.85. The van der Waals surface area contributed by atoms with E-state index in [2.05, 4.69) is 0 Å². The highest BCUT2D eigenvalue weighted by Gasteiger charge is 2.34. The molecule has 2 aromatic carbocycles. The molecule has 6 nitrogen and oxygen atoms in total. The van der Waals surface area contributed by atoms with E-state index in [0.717, 1.165) is 10.9 Å². The number of carbonyl (C=O) groups excluding carboxylic acids is 1. The molecule has 0 saturated heterocycles. The lowest BCUT2D eigenvalue weighted by Gasteiger charge is -2.25. The average Bonchev–Trinajstić information content (AvgIpc) is 2.67. The first kappa shape index (κ1) is 16.5. The van der Waals surface area contributed by atoms with E-state index in [0.29, 0.717) is 27.7 Å². The minimum absolute atomic E-state index is 0.0487. The van der Waals surface area contributed by atoms with Gasteiger partial charge in [-0.3, -0.25) is 9.59 Å². The second-order valence-electron chi connectivity index (χ2n) is 6.85. The number of para-hydroxylation sites is 1. The predicted octanol–water partition coefficient (Wildman–Crippen LogP) is 3.65. The van der Waals surface area contributed by atoms with Crippen molar-refractivity contribution in [3.8, 4) is 5.75 Å². The number of fused-ring (bicyclic) bond motifs is 4. The number of carbonyl (C=O) groups is 1. The largest absolute Gasteiger partial charge is 0.464 e. The number of rotatable bonds is 1. The molecule has 1 aliphatic heterocycles. The third kappa shape index (κ3) is 2.38. The van der Waals surface area contributed by atoms with Crippen molar-refractivity contribution in [2.24, 2.45) is 0 Å². The molecule has 2 aromatic heterocycles. The van der Waals surface area contributed by atoms with Crippen molar-refractivity contribution >= 4 is 27.9 Å². The fourth-order valence-electron chi connectivity index (χ4n) is 3.84. The van der Waals surface area contributed by atoms with Gasteiger partial charge < -0.3 is 13.6 Å². The molecule has 138 valence electrons. The van der Waals surface area contributed by atoms with Crippen LogP contribution in [-0.4, -0.2) is 5.97 Å². The van der Waals surface area contributed by atoms with E-state index >= 15 is 0 Å². The summed E-state index contributed by atoms with van der Waals surface area (Å²) in [6.07, 6.45) is 1.33. The van der Waals surface area contributed by atoms with Gasteiger partial charge in [0.2, 0.25) is 0 Å². The van der Waals surface area contributed by atoms with Gasteiger partial charge in [-0.25, -0.2) is 4.79 Å². The highest BCUT2D eigenvalue weighted by Crippen LogP contribution is 2.42. The molecular weight excluding hydrogens is 360 g/mol. The zero-order valence-corrected chi connectivity index (χ0v) is 14.9. The zero-order chi connectivity index (χ0) is 19.4. The minimum Gasteiger partial charge on any atom is -0.464 e. The minimum atomic E-state index is -0.634. The first-order valence-electron chi connectivity index (χ1n) is 8.81. The molecule has 0 fully saturated rings. The molecule has 0 aliphatic carbocycles. The van der Waals surface area contributed by atoms with Crippen LogP contribution in [0.3, 0.4) is 0 Å². The smallest absolute Gasteiger partial charge is 0.336 e. The van der Waals surface area contributed by atoms with Gasteiger partial charge in [0.25, 0.3) is 0 Å². The van der Waals surface area contributed by atoms with Gasteiger partial charge in [0.05, 0.1) is 18.1 Å². The molecule has 0 spiro atoms. The van der Waals surface area contributed by atoms with E-state index in [9.17, 15) is 14.4 Å². The molecule has 5 rings (SSSR count). The lowest BCUT2D eigenvalue weighted by atomic mass is 9.85. The van der Waals surface area contributed by atoms with Crippen molar-refractivity contribution in [2.75, 3.05) is 0 Å². The summed E-state index contributed by atoms with van der Waals surface area (Å²) in [5, 5.41) is 1.16. The van der Waals surface area contributed by atoms with Crippen LogP contribution in [-0.2, 0) is 4.79 Å². The van der Waals surface area contributed by atoms with E-state index in [4.69, 9.17) is 13.6 Å². The van der Waals surface area contributed by atoms with E-state index < -0.39 is 17.5 Å². The molecule has 0 bridgehead atoms. The fourth-order valence-corrected chi connectivity index (χ4v) is 3.84. The maximum atomic E-state index is 13.1. The molecule has 6 heteroatoms. The van der Waals surface area contributed by atoms with Gasteiger partial charge in [-0.15, -0.1) is 0 Å². The topological polar surface area (TPSA) is 86.7 Å². The van der Waals surface area contributed by atoms with Crippen molar-refractivity contribution in [1.29, 1.82) is 0 Å². The molecule has 1 unspecified atom stereocenters. The Morgan fingerprint density at radius 3 is 2.68 bits per heavy atom. The SMILES string of the molecule is Cc1cc(=O)oc2c3c(ccc12)OC(=O)CC3c1coc2ccccc2c1=O. The van der Waals surface area contributed by atoms with E-state index in [1.54, 1.807) is 43.3 Å². The summed E-state index contributed by atoms with van der Waals surface area (Å²) in [4.78, 5) is 37.3. The van der Waals surface area contributed by atoms with Gasteiger partial charge in [0.15, 0.2) is 5.43 Å². The lowest BCUT2D eigenvalue weighted by molar-refractivity contribution is -0.135. The summed E-state index contributed by atoms with van der Waals surface area (Å²) < 4.78 is 16.5. The number of hydrogen-bond acceptors (Lipinski definition) is 6. The number of aryl methyl sites for hydroxylation is 1. The molecule has 28 heavy (non-hydrogen) atoms. The maximum Gasteiger partial charge on any atom is 0.336 e. The first-order valence-corrected chi connectivity index (χ1v) is 8.81. The summed E-state index contributed by atoms with van der Waals surface area (Å²) >= 11 is 0. The first-order chi connectivity index (χ1) is 13.5. The molecule has 1 atom stereocenters. The average molecular weight is 374 g/mol. The van der Waals surface area contributed by atoms with Crippen LogP contribution in [0.1, 0.15) is 29.0 Å². The van der Waals surface area contributed by atoms with Crippen LogP contribution in [0, 0.1) is 6.92 Å². The number of hydrogen-bond donors (Lipinski definition) is 0. The standard InChI is InChI=1S/C22H14O6/c1-11-8-18(23)28-22-12(11)6-7-17-20(22)14(9-19(24)27-17)15-10-26-16-5-3-2-4-13(16)21(15)25/h2-8,10,14H,9H2,1H3. The third-order valence-corrected chi connectivity index (χ3v) is 5.14. The van der Waals surface area contributed by atoms with Crippen molar-refractivity contribution in [2.45, 2.75) is 19.3 Å². The van der Waals surface area contributed by atoms with Crippen molar-refractivity contribution < 1.29 is 18.4 Å². The molecule has 0 radical (unpaired) electrons. The Hall–Kier alpha value is -3.67. The summed E-state index contributed by atoms with van der Waals surface area (Å²) in [5.74, 6) is -0.805. The monoisotopic (exact) mass is 374 g/mol. The maximum absolute atomic E-state index is 13.1. The zero-order valence-electron chi connectivity index (χ0n) is 14.9. The molecule has 0 N–H and O–H groups in total. The van der Waals surface area contributed by atoms with Crippen LogP contribution >= 0.6 is 0 Å². The highest BCUT2D eigenvalue weighted by molar-refractivity contribution is 5.90. The van der Waals surface area contributed by atoms with Crippen molar-refractivity contribution in [3.63, 3.8) is 0 Å². The van der Waals surface area contributed by atoms with Gasteiger partial charge in [-0.1, -0.05) is 12.1 Å². The van der Waals surface area contributed by atoms with Crippen LogP contribution < -0.4 is 15.8 Å². The van der Waals surface area contributed by atoms with E-state index in [1.807, 2.05) is 0 Å².